The van der Waals surface area contributed by atoms with Crippen LogP contribution in [0.25, 0.3) is 21.7 Å². The van der Waals surface area contributed by atoms with Gasteiger partial charge in [-0.1, -0.05) is 48.5 Å². The zero-order chi connectivity index (χ0) is 20.2. The van der Waals surface area contributed by atoms with Crippen molar-refractivity contribution in [1.29, 1.82) is 0 Å². The minimum atomic E-state index is -0.853. The van der Waals surface area contributed by atoms with Crippen LogP contribution in [-0.2, 0) is 13.0 Å². The first-order chi connectivity index (χ1) is 14.1. The number of nitrogens with two attached hydrogens (primary N) is 1. The second-order valence-corrected chi connectivity index (χ2v) is 6.84. The maximum absolute atomic E-state index is 10.9. The highest BCUT2D eigenvalue weighted by atomic mass is 16.5. The Bertz CT molecular complexity index is 1180. The van der Waals surface area contributed by atoms with Crippen molar-refractivity contribution >= 4 is 27.7 Å². The number of primary amides is 1. The highest BCUT2D eigenvalue weighted by molar-refractivity contribution is 5.84. The minimum absolute atomic E-state index is 0.154. The normalized spacial score (nSPS) is 10.9. The Morgan fingerprint density at radius 3 is 2.59 bits per heavy atom. The van der Waals surface area contributed by atoms with Crippen LogP contribution in [0.5, 0.6) is 5.75 Å². The lowest BCUT2D eigenvalue weighted by Gasteiger charge is -2.12. The molecule has 2 amide bonds. The fraction of sp³-hybridized carbons (Fsp3) is 0.130. The van der Waals surface area contributed by atoms with E-state index < -0.39 is 6.03 Å². The SMILES string of the molecule is NC(=O)N(O)CCc1ccc2cc(OCc3ccc4ccccc4n3)ccc2c1. The van der Waals surface area contributed by atoms with Gasteiger partial charge in [0.1, 0.15) is 12.4 Å². The number of urea groups is 1. The molecule has 0 radical (unpaired) electrons. The quantitative estimate of drug-likeness (QED) is 0.382. The van der Waals surface area contributed by atoms with Crippen LogP contribution < -0.4 is 10.5 Å². The average Bonchev–Trinajstić information content (AvgIpc) is 2.75. The van der Waals surface area contributed by atoms with Gasteiger partial charge in [-0.2, -0.15) is 0 Å². The third kappa shape index (κ3) is 4.44. The molecule has 0 saturated carbocycles. The Kier molecular flexibility index (Phi) is 5.27. The van der Waals surface area contributed by atoms with Crippen LogP contribution in [0.1, 0.15) is 11.3 Å². The summed E-state index contributed by atoms with van der Waals surface area (Å²) in [4.78, 5) is 15.5. The van der Waals surface area contributed by atoms with E-state index in [4.69, 9.17) is 10.5 Å². The lowest BCUT2D eigenvalue weighted by Crippen LogP contribution is -2.34. The predicted octanol–water partition coefficient (Wildman–Crippen LogP) is 4.28. The smallest absolute Gasteiger partial charge is 0.338 e. The maximum atomic E-state index is 10.9. The highest BCUT2D eigenvalue weighted by Gasteiger charge is 2.06. The molecule has 6 heteroatoms. The summed E-state index contributed by atoms with van der Waals surface area (Å²) in [5.74, 6) is 0.774. The zero-order valence-electron chi connectivity index (χ0n) is 15.8. The van der Waals surface area contributed by atoms with E-state index in [0.29, 0.717) is 18.1 Å². The number of aromatic nitrogens is 1. The van der Waals surface area contributed by atoms with E-state index in [2.05, 4.69) is 11.1 Å². The molecule has 0 unspecified atom stereocenters. The van der Waals surface area contributed by atoms with Gasteiger partial charge in [-0.3, -0.25) is 5.21 Å². The summed E-state index contributed by atoms with van der Waals surface area (Å²) in [6, 6.07) is 23.1. The highest BCUT2D eigenvalue weighted by Crippen LogP contribution is 2.23. The second kappa shape index (κ2) is 8.16. The van der Waals surface area contributed by atoms with Crippen LogP contribution in [0, 0.1) is 0 Å². The summed E-state index contributed by atoms with van der Waals surface area (Å²) < 4.78 is 5.93. The molecule has 0 saturated heterocycles. The first kappa shape index (κ1) is 18.7. The molecule has 0 atom stereocenters. The maximum Gasteiger partial charge on any atom is 0.338 e. The molecule has 0 aliphatic heterocycles. The van der Waals surface area contributed by atoms with Gasteiger partial charge >= 0.3 is 6.03 Å². The molecule has 29 heavy (non-hydrogen) atoms. The average molecular weight is 387 g/mol. The number of amides is 2. The summed E-state index contributed by atoms with van der Waals surface area (Å²) in [6.45, 7) is 0.550. The van der Waals surface area contributed by atoms with Gasteiger partial charge in [-0.25, -0.2) is 14.8 Å². The van der Waals surface area contributed by atoms with E-state index in [1.165, 1.54) is 0 Å². The molecule has 0 spiro atoms. The summed E-state index contributed by atoms with van der Waals surface area (Å²) in [5.41, 5.74) is 7.86. The molecule has 0 fully saturated rings. The van der Waals surface area contributed by atoms with Crippen LogP contribution in [0.15, 0.2) is 72.8 Å². The standard InChI is InChI=1S/C23H21N3O3/c24-23(27)26(28)12-11-16-5-6-19-14-21(10-8-18(19)13-16)29-15-20-9-7-17-3-1-2-4-22(17)25-20/h1-10,13-14,28H,11-12,15H2,(H2,24,27). The molecule has 6 nitrogen and oxygen atoms in total. The Hall–Kier alpha value is -3.64. The van der Waals surface area contributed by atoms with Crippen LogP contribution in [0.3, 0.4) is 0 Å². The number of ether oxygens (including phenoxy) is 1. The van der Waals surface area contributed by atoms with Crippen molar-refractivity contribution in [3.63, 3.8) is 0 Å². The fourth-order valence-electron chi connectivity index (χ4n) is 3.21. The molecule has 0 bridgehead atoms. The number of carbonyl (C=O) groups excluding carboxylic acids is 1. The molecule has 1 aromatic heterocycles. The second-order valence-electron chi connectivity index (χ2n) is 6.84. The van der Waals surface area contributed by atoms with Crippen LogP contribution >= 0.6 is 0 Å². The Balaban J connectivity index is 1.44. The minimum Gasteiger partial charge on any atom is -0.487 e. The molecule has 4 aromatic rings. The number of benzene rings is 3. The third-order valence-electron chi connectivity index (χ3n) is 4.79. The molecule has 0 aliphatic rings. The van der Waals surface area contributed by atoms with E-state index in [9.17, 15) is 10.0 Å². The number of fused-ring (bicyclic) bond motifs is 2. The predicted molar refractivity (Wildman–Crippen MR) is 112 cm³/mol. The van der Waals surface area contributed by atoms with Crippen molar-refractivity contribution in [3.05, 3.63) is 84.1 Å². The van der Waals surface area contributed by atoms with Gasteiger partial charge in [-0.15, -0.1) is 0 Å². The van der Waals surface area contributed by atoms with Crippen molar-refractivity contribution in [2.24, 2.45) is 5.73 Å². The molecular weight excluding hydrogens is 366 g/mol. The van der Waals surface area contributed by atoms with Gasteiger partial charge < -0.3 is 10.5 Å². The van der Waals surface area contributed by atoms with Gasteiger partial charge in [0, 0.05) is 5.39 Å². The lowest BCUT2D eigenvalue weighted by molar-refractivity contribution is -0.0382. The number of pyridine rings is 1. The van der Waals surface area contributed by atoms with E-state index in [1.807, 2.05) is 66.7 Å². The zero-order valence-corrected chi connectivity index (χ0v) is 15.8. The summed E-state index contributed by atoms with van der Waals surface area (Å²) in [5, 5.41) is 13.1. The van der Waals surface area contributed by atoms with Crippen molar-refractivity contribution < 1.29 is 14.7 Å². The Labute approximate surface area is 168 Å². The summed E-state index contributed by atoms with van der Waals surface area (Å²) in [6.07, 6.45) is 0.515. The number of carbonyl (C=O) groups is 1. The topological polar surface area (TPSA) is 88.7 Å². The third-order valence-corrected chi connectivity index (χ3v) is 4.79. The van der Waals surface area contributed by atoms with Crippen LogP contribution in [0.2, 0.25) is 0 Å². The molecule has 0 aliphatic carbocycles. The Morgan fingerprint density at radius 1 is 0.966 bits per heavy atom. The van der Waals surface area contributed by atoms with E-state index >= 15 is 0 Å². The molecule has 3 aromatic carbocycles. The number of nitrogens with zero attached hydrogens (tertiary/aromatic N) is 2. The van der Waals surface area contributed by atoms with Gasteiger partial charge in [0.25, 0.3) is 0 Å². The number of hydrogen-bond donors (Lipinski definition) is 2. The van der Waals surface area contributed by atoms with Gasteiger partial charge in [-0.05, 0) is 47.0 Å². The molecule has 146 valence electrons. The molecule has 4 rings (SSSR count). The molecule has 3 N–H and O–H groups in total. The van der Waals surface area contributed by atoms with E-state index in [0.717, 1.165) is 38.7 Å². The summed E-state index contributed by atoms with van der Waals surface area (Å²) >= 11 is 0. The van der Waals surface area contributed by atoms with Crippen LogP contribution in [-0.4, -0.2) is 27.8 Å². The van der Waals surface area contributed by atoms with E-state index in [1.54, 1.807) is 0 Å². The number of hydroxylamine groups is 2. The fourth-order valence-corrected chi connectivity index (χ4v) is 3.21. The molecular formula is C23H21N3O3. The van der Waals surface area contributed by atoms with Crippen molar-refractivity contribution in [2.45, 2.75) is 13.0 Å². The number of para-hydroxylation sites is 1. The molecule has 1 heterocycles. The summed E-state index contributed by atoms with van der Waals surface area (Å²) in [7, 11) is 0. The first-order valence-electron chi connectivity index (χ1n) is 9.34. The van der Waals surface area contributed by atoms with Crippen LogP contribution in [0.4, 0.5) is 4.79 Å². The largest absolute Gasteiger partial charge is 0.487 e. The number of rotatable bonds is 6. The van der Waals surface area contributed by atoms with Crippen molar-refractivity contribution in [2.75, 3.05) is 6.54 Å². The number of hydrogen-bond acceptors (Lipinski definition) is 4. The van der Waals surface area contributed by atoms with E-state index in [-0.39, 0.29) is 6.54 Å². The monoisotopic (exact) mass is 387 g/mol. The first-order valence-corrected chi connectivity index (χ1v) is 9.34. The van der Waals surface area contributed by atoms with Gasteiger partial charge in [0.15, 0.2) is 0 Å². The van der Waals surface area contributed by atoms with Gasteiger partial charge in [0.2, 0.25) is 0 Å². The van der Waals surface area contributed by atoms with Crippen molar-refractivity contribution in [3.8, 4) is 5.75 Å². The van der Waals surface area contributed by atoms with Gasteiger partial charge in [0.05, 0.1) is 17.8 Å². The Morgan fingerprint density at radius 2 is 1.72 bits per heavy atom. The van der Waals surface area contributed by atoms with Crippen molar-refractivity contribution in [1.82, 2.24) is 10.0 Å². The lowest BCUT2D eigenvalue weighted by atomic mass is 10.0.